The summed E-state index contributed by atoms with van der Waals surface area (Å²) in [5.74, 6) is 0.0531. The van der Waals surface area contributed by atoms with E-state index in [1.165, 1.54) is 11.1 Å². The van der Waals surface area contributed by atoms with Gasteiger partial charge in [0, 0.05) is 16.6 Å². The largest absolute Gasteiger partial charge is 0.326 e. The van der Waals surface area contributed by atoms with E-state index in [0.717, 1.165) is 22.1 Å². The van der Waals surface area contributed by atoms with Crippen LogP contribution < -0.4 is 5.32 Å². The summed E-state index contributed by atoms with van der Waals surface area (Å²) in [6, 6.07) is 14.5. The molecule has 2 aromatic carbocycles. The minimum atomic E-state index is -0.0263. The molecule has 0 aliphatic rings. The number of rotatable bonds is 4. The second-order valence-corrected chi connectivity index (χ2v) is 9.75. The topological polar surface area (TPSA) is 29.1 Å². The summed E-state index contributed by atoms with van der Waals surface area (Å²) in [4.78, 5) is 12.6. The lowest BCUT2D eigenvalue weighted by Gasteiger charge is -2.27. The monoisotopic (exact) mass is 415 g/mol. The molecule has 0 spiro atoms. The molecule has 0 radical (unpaired) electrons. The SMILES string of the molecule is CC(C)(C)c1ccc(C(C)(C)C)c(NC(=O)CCc2ccccc2Br)c1. The van der Waals surface area contributed by atoms with Crippen LogP contribution in [0.5, 0.6) is 0 Å². The highest BCUT2D eigenvalue weighted by molar-refractivity contribution is 9.10. The number of halogens is 1. The first-order valence-electron chi connectivity index (χ1n) is 9.17. The minimum absolute atomic E-state index is 0.0263. The molecule has 2 rings (SSSR count). The molecule has 0 saturated heterocycles. The molecule has 26 heavy (non-hydrogen) atoms. The van der Waals surface area contributed by atoms with E-state index in [2.05, 4.69) is 87.1 Å². The van der Waals surface area contributed by atoms with Crippen LogP contribution in [0.2, 0.25) is 0 Å². The van der Waals surface area contributed by atoms with Crippen LogP contribution in [0.15, 0.2) is 46.9 Å². The fourth-order valence-corrected chi connectivity index (χ4v) is 3.41. The average molecular weight is 416 g/mol. The van der Waals surface area contributed by atoms with Crippen molar-refractivity contribution in [1.29, 1.82) is 0 Å². The third kappa shape index (κ3) is 5.44. The van der Waals surface area contributed by atoms with Gasteiger partial charge in [-0.1, -0.05) is 87.8 Å². The molecule has 1 N–H and O–H groups in total. The Kier molecular flexibility index (Phi) is 6.33. The normalized spacial score (nSPS) is 12.1. The molecule has 3 heteroatoms. The first kappa shape index (κ1) is 20.7. The minimum Gasteiger partial charge on any atom is -0.326 e. The van der Waals surface area contributed by atoms with Gasteiger partial charge in [0.2, 0.25) is 5.91 Å². The van der Waals surface area contributed by atoms with E-state index in [1.54, 1.807) is 0 Å². The number of benzene rings is 2. The maximum atomic E-state index is 12.6. The summed E-state index contributed by atoms with van der Waals surface area (Å²) in [5, 5.41) is 3.17. The second-order valence-electron chi connectivity index (χ2n) is 8.90. The van der Waals surface area contributed by atoms with Gasteiger partial charge in [-0.3, -0.25) is 4.79 Å². The van der Waals surface area contributed by atoms with Crippen molar-refractivity contribution in [2.75, 3.05) is 5.32 Å². The molecule has 0 heterocycles. The smallest absolute Gasteiger partial charge is 0.224 e. The maximum absolute atomic E-state index is 12.6. The van der Waals surface area contributed by atoms with Crippen LogP contribution >= 0.6 is 15.9 Å². The maximum Gasteiger partial charge on any atom is 0.224 e. The fraction of sp³-hybridized carbons (Fsp3) is 0.435. The number of aryl methyl sites for hydroxylation is 1. The predicted octanol–water partition coefficient (Wildman–Crippen LogP) is 6.62. The zero-order valence-electron chi connectivity index (χ0n) is 16.7. The van der Waals surface area contributed by atoms with Crippen LogP contribution in [0.4, 0.5) is 5.69 Å². The van der Waals surface area contributed by atoms with E-state index in [-0.39, 0.29) is 16.7 Å². The fourth-order valence-electron chi connectivity index (χ4n) is 2.93. The lowest BCUT2D eigenvalue weighted by Crippen LogP contribution is -2.21. The molecule has 0 atom stereocenters. The van der Waals surface area contributed by atoms with Crippen molar-refractivity contribution in [3.63, 3.8) is 0 Å². The number of anilines is 1. The van der Waals surface area contributed by atoms with Gasteiger partial charge >= 0.3 is 0 Å². The molecule has 0 aliphatic heterocycles. The summed E-state index contributed by atoms with van der Waals surface area (Å²) < 4.78 is 1.05. The van der Waals surface area contributed by atoms with Crippen molar-refractivity contribution in [1.82, 2.24) is 0 Å². The number of carbonyl (C=O) groups excluding carboxylic acids is 1. The van der Waals surface area contributed by atoms with Crippen LogP contribution in [0.1, 0.15) is 64.7 Å². The Morgan fingerprint density at radius 3 is 2.19 bits per heavy atom. The van der Waals surface area contributed by atoms with Gasteiger partial charge in [-0.15, -0.1) is 0 Å². The molecule has 0 bridgehead atoms. The van der Waals surface area contributed by atoms with Crippen molar-refractivity contribution in [3.8, 4) is 0 Å². The molecule has 0 aromatic heterocycles. The Morgan fingerprint density at radius 2 is 1.62 bits per heavy atom. The van der Waals surface area contributed by atoms with E-state index in [9.17, 15) is 4.79 Å². The number of hydrogen-bond acceptors (Lipinski definition) is 1. The van der Waals surface area contributed by atoms with Crippen LogP contribution in [0.3, 0.4) is 0 Å². The Hall–Kier alpha value is -1.61. The molecular formula is C23H30BrNO. The van der Waals surface area contributed by atoms with Crippen molar-refractivity contribution in [3.05, 3.63) is 63.6 Å². The summed E-state index contributed by atoms with van der Waals surface area (Å²) in [7, 11) is 0. The highest BCUT2D eigenvalue weighted by Gasteiger charge is 2.22. The van der Waals surface area contributed by atoms with Crippen molar-refractivity contribution in [2.24, 2.45) is 0 Å². The molecule has 0 fully saturated rings. The summed E-state index contributed by atoms with van der Waals surface area (Å²) in [6.07, 6.45) is 1.18. The molecule has 1 amide bonds. The zero-order chi connectivity index (χ0) is 19.5. The van der Waals surface area contributed by atoms with Crippen molar-refractivity contribution in [2.45, 2.75) is 65.2 Å². The summed E-state index contributed by atoms with van der Waals surface area (Å²) in [6.45, 7) is 13.1. The van der Waals surface area contributed by atoms with Gasteiger partial charge in [0.15, 0.2) is 0 Å². The van der Waals surface area contributed by atoms with Crippen molar-refractivity contribution < 1.29 is 4.79 Å². The van der Waals surface area contributed by atoms with E-state index in [4.69, 9.17) is 0 Å². The first-order valence-corrected chi connectivity index (χ1v) is 9.96. The lowest BCUT2D eigenvalue weighted by molar-refractivity contribution is -0.116. The Bertz CT molecular complexity index is 782. The van der Waals surface area contributed by atoms with Gasteiger partial charge in [0.25, 0.3) is 0 Å². The summed E-state index contributed by atoms with van der Waals surface area (Å²) in [5.41, 5.74) is 4.50. The van der Waals surface area contributed by atoms with Gasteiger partial charge in [-0.2, -0.15) is 0 Å². The number of carbonyl (C=O) groups is 1. The molecule has 0 unspecified atom stereocenters. The molecular weight excluding hydrogens is 386 g/mol. The zero-order valence-corrected chi connectivity index (χ0v) is 18.3. The molecule has 0 aliphatic carbocycles. The lowest BCUT2D eigenvalue weighted by atomic mass is 9.81. The van der Waals surface area contributed by atoms with Gasteiger partial charge in [-0.25, -0.2) is 0 Å². The van der Waals surface area contributed by atoms with Crippen LogP contribution in [-0.2, 0) is 22.0 Å². The number of hydrogen-bond donors (Lipinski definition) is 1. The van der Waals surface area contributed by atoms with Crippen molar-refractivity contribution >= 4 is 27.5 Å². The second kappa shape index (κ2) is 7.96. The molecule has 140 valence electrons. The van der Waals surface area contributed by atoms with E-state index < -0.39 is 0 Å². The quantitative estimate of drug-likeness (QED) is 0.597. The Labute approximate surface area is 166 Å². The highest BCUT2D eigenvalue weighted by atomic mass is 79.9. The van der Waals surface area contributed by atoms with Gasteiger partial charge in [0.1, 0.15) is 0 Å². The average Bonchev–Trinajstić information content (AvgIpc) is 2.52. The predicted molar refractivity (Wildman–Crippen MR) is 115 cm³/mol. The highest BCUT2D eigenvalue weighted by Crippen LogP contribution is 2.34. The van der Waals surface area contributed by atoms with Gasteiger partial charge in [0.05, 0.1) is 0 Å². The van der Waals surface area contributed by atoms with E-state index in [0.29, 0.717) is 6.42 Å². The van der Waals surface area contributed by atoms with Crippen LogP contribution in [0.25, 0.3) is 0 Å². The molecule has 0 saturated carbocycles. The Balaban J connectivity index is 2.20. The standard InChI is InChI=1S/C23H30BrNO/c1-22(2,3)17-12-13-18(23(4,5)6)20(15-17)25-21(26)14-11-16-9-7-8-10-19(16)24/h7-10,12-13,15H,11,14H2,1-6H3,(H,25,26). The summed E-state index contributed by atoms with van der Waals surface area (Å²) >= 11 is 3.55. The van der Waals surface area contributed by atoms with Crippen LogP contribution in [0, 0.1) is 0 Å². The third-order valence-corrected chi connectivity index (χ3v) is 5.32. The Morgan fingerprint density at radius 1 is 0.962 bits per heavy atom. The van der Waals surface area contributed by atoms with Gasteiger partial charge < -0.3 is 5.32 Å². The molecule has 2 aromatic rings. The number of nitrogens with one attached hydrogen (secondary N) is 1. The van der Waals surface area contributed by atoms with E-state index >= 15 is 0 Å². The van der Waals surface area contributed by atoms with Crippen LogP contribution in [-0.4, -0.2) is 5.91 Å². The molecule has 2 nitrogen and oxygen atoms in total. The first-order chi connectivity index (χ1) is 12.0. The van der Waals surface area contributed by atoms with E-state index in [1.807, 2.05) is 18.2 Å². The van der Waals surface area contributed by atoms with Gasteiger partial charge in [-0.05, 0) is 46.1 Å². The third-order valence-electron chi connectivity index (χ3n) is 4.55. The number of amides is 1.